The minimum atomic E-state index is -0.652. The molecule has 3 nitrogen and oxygen atoms in total. The van der Waals surface area contributed by atoms with E-state index in [4.69, 9.17) is 28.9 Å². The number of benzene rings is 1. The maximum atomic E-state index is 9.89. The van der Waals surface area contributed by atoms with Crippen LogP contribution in [0.15, 0.2) is 12.1 Å². The summed E-state index contributed by atoms with van der Waals surface area (Å²) in [5.41, 5.74) is 6.29. The Morgan fingerprint density at radius 3 is 2.41 bits per heavy atom. The molecule has 0 aliphatic heterocycles. The molecule has 0 aromatic heterocycles. The Hall–Kier alpha value is -0.190. The quantitative estimate of drug-likeness (QED) is 0.804. The van der Waals surface area contributed by atoms with Crippen molar-refractivity contribution in [2.45, 2.75) is 25.0 Å². The molecule has 2 rings (SSSR count). The van der Waals surface area contributed by atoms with Crippen LogP contribution in [0.25, 0.3) is 0 Å². The smallest absolute Gasteiger partial charge is 0.139 e. The van der Waals surface area contributed by atoms with Crippen LogP contribution in [0.1, 0.15) is 24.4 Å². The zero-order valence-corrected chi connectivity index (χ0v) is 11.3. The predicted molar refractivity (Wildman–Crippen MR) is 71.0 cm³/mol. The van der Waals surface area contributed by atoms with Gasteiger partial charge in [-0.2, -0.15) is 0 Å². The molecule has 1 aromatic carbocycles. The normalized spacial score (nSPS) is 18.4. The molecular formula is C11H14Cl3NO2. The molecule has 6 heteroatoms. The minimum absolute atomic E-state index is 0. The lowest BCUT2D eigenvalue weighted by Crippen LogP contribution is -2.28. The highest BCUT2D eigenvalue weighted by Crippen LogP contribution is 2.41. The molecule has 1 aromatic rings. The van der Waals surface area contributed by atoms with Gasteiger partial charge in [-0.05, 0) is 30.9 Å². The number of aromatic hydroxyl groups is 1. The van der Waals surface area contributed by atoms with E-state index in [9.17, 15) is 10.2 Å². The second-order valence-electron chi connectivity index (χ2n) is 4.18. The molecule has 0 spiro atoms. The number of aliphatic hydroxyl groups is 1. The molecule has 1 aliphatic carbocycles. The maximum absolute atomic E-state index is 9.89. The number of aliphatic hydroxyl groups excluding tert-OH is 1. The van der Waals surface area contributed by atoms with E-state index >= 15 is 0 Å². The first-order chi connectivity index (χ1) is 7.50. The van der Waals surface area contributed by atoms with Gasteiger partial charge in [0.05, 0.1) is 17.2 Å². The van der Waals surface area contributed by atoms with Gasteiger partial charge in [0.25, 0.3) is 0 Å². The van der Waals surface area contributed by atoms with Gasteiger partial charge >= 0.3 is 0 Å². The summed E-state index contributed by atoms with van der Waals surface area (Å²) < 4.78 is 0. The Balaban J connectivity index is 0.00000144. The summed E-state index contributed by atoms with van der Waals surface area (Å²) in [6, 6.07) is 2.33. The van der Waals surface area contributed by atoms with Gasteiger partial charge in [-0.25, -0.2) is 0 Å². The van der Waals surface area contributed by atoms with E-state index in [1.807, 2.05) is 0 Å². The summed E-state index contributed by atoms with van der Waals surface area (Å²) in [5.74, 6) is 0.130. The van der Waals surface area contributed by atoms with Crippen LogP contribution in [-0.2, 0) is 0 Å². The summed E-state index contributed by atoms with van der Waals surface area (Å²) in [6.07, 6.45) is 1.30. The molecule has 2 atom stereocenters. The van der Waals surface area contributed by atoms with Crippen molar-refractivity contribution in [2.75, 3.05) is 0 Å². The largest absolute Gasteiger partial charge is 0.506 e. The molecule has 1 aliphatic rings. The third-order valence-corrected chi connectivity index (χ3v) is 3.40. The zero-order valence-electron chi connectivity index (χ0n) is 8.94. The number of phenols is 1. The molecule has 0 bridgehead atoms. The fourth-order valence-electron chi connectivity index (χ4n) is 1.75. The van der Waals surface area contributed by atoms with Crippen LogP contribution in [0.3, 0.4) is 0 Å². The molecular weight excluding hydrogens is 284 g/mol. The monoisotopic (exact) mass is 297 g/mol. The van der Waals surface area contributed by atoms with Crippen LogP contribution < -0.4 is 5.73 Å². The van der Waals surface area contributed by atoms with Crippen molar-refractivity contribution in [3.63, 3.8) is 0 Å². The van der Waals surface area contributed by atoms with Crippen molar-refractivity contribution < 1.29 is 10.2 Å². The summed E-state index contributed by atoms with van der Waals surface area (Å²) >= 11 is 11.6. The average molecular weight is 299 g/mol. The number of hydrogen-bond donors (Lipinski definition) is 3. The molecule has 0 amide bonds. The lowest BCUT2D eigenvalue weighted by atomic mass is 9.98. The summed E-state index contributed by atoms with van der Waals surface area (Å²) in [6.45, 7) is 0. The highest BCUT2D eigenvalue weighted by atomic mass is 35.5. The van der Waals surface area contributed by atoms with Crippen LogP contribution in [0.2, 0.25) is 10.0 Å². The van der Waals surface area contributed by atoms with Crippen molar-refractivity contribution in [1.29, 1.82) is 0 Å². The summed E-state index contributed by atoms with van der Waals surface area (Å²) in [7, 11) is 0. The van der Waals surface area contributed by atoms with E-state index in [-0.39, 0.29) is 29.1 Å². The van der Waals surface area contributed by atoms with E-state index in [0.29, 0.717) is 10.6 Å². The van der Waals surface area contributed by atoms with Gasteiger partial charge in [-0.1, -0.05) is 23.2 Å². The molecule has 0 radical (unpaired) electrons. The first-order valence-corrected chi connectivity index (χ1v) is 5.88. The minimum Gasteiger partial charge on any atom is -0.506 e. The molecule has 4 N–H and O–H groups in total. The van der Waals surface area contributed by atoms with Gasteiger partial charge < -0.3 is 15.9 Å². The molecule has 0 saturated heterocycles. The van der Waals surface area contributed by atoms with Crippen LogP contribution in [0.5, 0.6) is 5.75 Å². The standard InChI is InChI=1S/C11H13Cl2NO2.ClH/c12-6-3-7(11(16)8(13)4-6)9(14)10(15)5-1-2-5;/h3-5,9-10,15-16H,1-2,14H2;1H/t9-,10+;/m0./s1. The van der Waals surface area contributed by atoms with E-state index < -0.39 is 12.1 Å². The van der Waals surface area contributed by atoms with E-state index in [1.165, 1.54) is 6.07 Å². The Kier molecular flexibility index (Phi) is 4.93. The van der Waals surface area contributed by atoms with Crippen molar-refractivity contribution in [2.24, 2.45) is 11.7 Å². The van der Waals surface area contributed by atoms with Crippen LogP contribution in [-0.4, -0.2) is 16.3 Å². The van der Waals surface area contributed by atoms with Crippen molar-refractivity contribution in [3.8, 4) is 5.75 Å². The Labute approximate surface area is 116 Å². The number of phenolic OH excluding ortho intramolecular Hbond substituents is 1. The Morgan fingerprint density at radius 1 is 1.29 bits per heavy atom. The van der Waals surface area contributed by atoms with Gasteiger partial charge in [-0.3, -0.25) is 0 Å². The average Bonchev–Trinajstić information content (AvgIpc) is 3.05. The lowest BCUT2D eigenvalue weighted by molar-refractivity contribution is 0.121. The van der Waals surface area contributed by atoms with E-state index in [2.05, 4.69) is 0 Å². The predicted octanol–water partition coefficient (Wildman–Crippen LogP) is 2.89. The topological polar surface area (TPSA) is 66.5 Å². The van der Waals surface area contributed by atoms with Crippen LogP contribution in [0, 0.1) is 5.92 Å². The SMILES string of the molecule is Cl.N[C@@H](c1cc(Cl)cc(Cl)c1O)[C@H](O)C1CC1. The maximum Gasteiger partial charge on any atom is 0.139 e. The number of nitrogens with two attached hydrogens (primary N) is 1. The second-order valence-corrected chi connectivity index (χ2v) is 5.02. The fourth-order valence-corrected chi connectivity index (χ4v) is 2.26. The molecule has 0 unspecified atom stereocenters. The Bertz CT molecular complexity index is 410. The second kappa shape index (κ2) is 5.63. The number of rotatable bonds is 3. The first kappa shape index (κ1) is 14.9. The fraction of sp³-hybridized carbons (Fsp3) is 0.455. The molecule has 0 heterocycles. The summed E-state index contributed by atoms with van der Waals surface area (Å²) in [4.78, 5) is 0. The number of halogens is 3. The van der Waals surface area contributed by atoms with Crippen LogP contribution in [0.4, 0.5) is 0 Å². The van der Waals surface area contributed by atoms with Gasteiger partial charge in [0, 0.05) is 10.6 Å². The number of hydrogen-bond acceptors (Lipinski definition) is 3. The third kappa shape index (κ3) is 3.18. The van der Waals surface area contributed by atoms with E-state index in [1.54, 1.807) is 6.07 Å². The van der Waals surface area contributed by atoms with Crippen LogP contribution >= 0.6 is 35.6 Å². The highest BCUT2D eigenvalue weighted by Gasteiger charge is 2.35. The first-order valence-electron chi connectivity index (χ1n) is 5.12. The van der Waals surface area contributed by atoms with Gasteiger partial charge in [0.1, 0.15) is 5.75 Å². The molecule has 1 saturated carbocycles. The van der Waals surface area contributed by atoms with E-state index in [0.717, 1.165) is 12.8 Å². The molecule has 96 valence electrons. The summed E-state index contributed by atoms with van der Waals surface area (Å²) in [5, 5.41) is 20.2. The van der Waals surface area contributed by atoms with Gasteiger partial charge in [0.15, 0.2) is 0 Å². The third-order valence-electron chi connectivity index (χ3n) is 2.89. The molecule has 17 heavy (non-hydrogen) atoms. The van der Waals surface area contributed by atoms with Crippen molar-refractivity contribution >= 4 is 35.6 Å². The molecule has 1 fully saturated rings. The zero-order chi connectivity index (χ0) is 11.9. The highest BCUT2D eigenvalue weighted by molar-refractivity contribution is 6.35. The van der Waals surface area contributed by atoms with Gasteiger partial charge in [-0.15, -0.1) is 12.4 Å². The van der Waals surface area contributed by atoms with Gasteiger partial charge in [0.2, 0.25) is 0 Å². The van der Waals surface area contributed by atoms with Crippen molar-refractivity contribution in [1.82, 2.24) is 0 Å². The Morgan fingerprint density at radius 2 is 1.88 bits per heavy atom. The van der Waals surface area contributed by atoms with Crippen molar-refractivity contribution in [3.05, 3.63) is 27.7 Å². The lowest BCUT2D eigenvalue weighted by Gasteiger charge is -2.20.